The van der Waals surface area contributed by atoms with E-state index in [4.69, 9.17) is 5.26 Å². The maximum absolute atomic E-state index is 9.94. The number of aliphatic hydroxyl groups is 1. The zero-order valence-corrected chi connectivity index (χ0v) is 11.2. The summed E-state index contributed by atoms with van der Waals surface area (Å²) in [5.41, 5.74) is -0.219. The van der Waals surface area contributed by atoms with Crippen LogP contribution in [0.25, 0.3) is 0 Å². The lowest BCUT2D eigenvalue weighted by atomic mass is 9.90. The van der Waals surface area contributed by atoms with E-state index >= 15 is 0 Å². The zero-order chi connectivity index (χ0) is 12.7. The van der Waals surface area contributed by atoms with Crippen LogP contribution in [0, 0.1) is 16.7 Å². The molecule has 3 nitrogen and oxygen atoms in total. The Morgan fingerprint density at radius 2 is 2.00 bits per heavy atom. The number of nitrogens with zero attached hydrogens (tertiary/aromatic N) is 1. The van der Waals surface area contributed by atoms with E-state index in [9.17, 15) is 5.11 Å². The quantitative estimate of drug-likeness (QED) is 0.572. The molecule has 0 spiro atoms. The summed E-state index contributed by atoms with van der Waals surface area (Å²) >= 11 is 0. The molecule has 1 aliphatic carbocycles. The number of nitriles is 1. The number of nitrogens with one attached hydrogen (secondary N) is 1. The molecule has 0 bridgehead atoms. The van der Waals surface area contributed by atoms with Crippen LogP contribution in [0.5, 0.6) is 0 Å². The first-order valence-corrected chi connectivity index (χ1v) is 6.88. The van der Waals surface area contributed by atoms with E-state index in [1.165, 1.54) is 12.8 Å². The molecule has 1 saturated carbocycles. The lowest BCUT2D eigenvalue weighted by Crippen LogP contribution is -2.39. The fourth-order valence-corrected chi connectivity index (χ4v) is 2.40. The van der Waals surface area contributed by atoms with Crippen molar-refractivity contribution in [3.8, 4) is 6.07 Å². The van der Waals surface area contributed by atoms with E-state index in [1.54, 1.807) is 0 Å². The second-order valence-electron chi connectivity index (χ2n) is 5.87. The van der Waals surface area contributed by atoms with Crippen LogP contribution >= 0.6 is 0 Å². The van der Waals surface area contributed by atoms with Gasteiger partial charge in [-0.3, -0.25) is 0 Å². The summed E-state index contributed by atoms with van der Waals surface area (Å²) in [7, 11) is 0. The van der Waals surface area contributed by atoms with Crippen LogP contribution in [0.4, 0.5) is 0 Å². The fraction of sp³-hybridized carbons (Fsp3) is 0.929. The third-order valence-corrected chi connectivity index (χ3v) is 3.67. The molecule has 0 aromatic rings. The second-order valence-corrected chi connectivity index (χ2v) is 5.87. The largest absolute Gasteiger partial charge is 0.392 e. The molecule has 0 heterocycles. The number of hydrogen-bond acceptors (Lipinski definition) is 3. The molecule has 0 aromatic heterocycles. The Bertz CT molecular complexity index is 257. The lowest BCUT2D eigenvalue weighted by molar-refractivity contribution is 0.119. The van der Waals surface area contributed by atoms with Crippen molar-refractivity contribution in [2.45, 2.75) is 70.9 Å². The summed E-state index contributed by atoms with van der Waals surface area (Å²) in [6.07, 6.45) is 7.38. The fourth-order valence-electron chi connectivity index (χ4n) is 2.40. The van der Waals surface area contributed by atoms with Crippen molar-refractivity contribution >= 4 is 0 Å². The average Bonchev–Trinajstić information content (AvgIpc) is 2.50. The first-order valence-electron chi connectivity index (χ1n) is 6.88. The van der Waals surface area contributed by atoms with Crippen LogP contribution < -0.4 is 5.32 Å². The van der Waals surface area contributed by atoms with Crippen molar-refractivity contribution in [2.24, 2.45) is 5.41 Å². The van der Waals surface area contributed by atoms with E-state index in [0.717, 1.165) is 38.6 Å². The molecule has 0 amide bonds. The van der Waals surface area contributed by atoms with Crippen molar-refractivity contribution in [3.05, 3.63) is 0 Å². The van der Waals surface area contributed by atoms with E-state index in [2.05, 4.69) is 11.4 Å². The molecule has 1 aliphatic rings. The summed E-state index contributed by atoms with van der Waals surface area (Å²) < 4.78 is 0. The summed E-state index contributed by atoms with van der Waals surface area (Å²) in [5.74, 6) is 0. The Kier molecular flexibility index (Phi) is 5.94. The summed E-state index contributed by atoms with van der Waals surface area (Å²) in [4.78, 5) is 0. The highest BCUT2D eigenvalue weighted by molar-refractivity contribution is 4.91. The summed E-state index contributed by atoms with van der Waals surface area (Å²) in [6, 6.07) is 2.59. The first kappa shape index (κ1) is 14.5. The molecule has 1 rings (SSSR count). The topological polar surface area (TPSA) is 56.0 Å². The van der Waals surface area contributed by atoms with Crippen LogP contribution in [0.3, 0.4) is 0 Å². The Labute approximate surface area is 105 Å². The van der Waals surface area contributed by atoms with Crippen molar-refractivity contribution in [3.63, 3.8) is 0 Å². The SMILES string of the molecule is CC(C)(C#N)CCCNC1CCCCCC1O. The molecular formula is C14H26N2O. The highest BCUT2D eigenvalue weighted by Gasteiger charge is 2.21. The van der Waals surface area contributed by atoms with Crippen molar-refractivity contribution in [1.29, 1.82) is 5.26 Å². The predicted molar refractivity (Wildman–Crippen MR) is 69.5 cm³/mol. The van der Waals surface area contributed by atoms with E-state index < -0.39 is 0 Å². The molecule has 98 valence electrons. The smallest absolute Gasteiger partial charge is 0.0693 e. The Hall–Kier alpha value is -0.590. The van der Waals surface area contributed by atoms with Gasteiger partial charge in [0.2, 0.25) is 0 Å². The molecule has 2 N–H and O–H groups in total. The highest BCUT2D eigenvalue weighted by Crippen LogP contribution is 2.21. The van der Waals surface area contributed by atoms with Gasteiger partial charge in [-0.25, -0.2) is 0 Å². The third kappa shape index (κ3) is 5.52. The Morgan fingerprint density at radius 1 is 1.29 bits per heavy atom. The zero-order valence-electron chi connectivity index (χ0n) is 11.2. The number of rotatable bonds is 5. The van der Waals surface area contributed by atoms with Gasteiger partial charge in [0.15, 0.2) is 0 Å². The molecule has 0 saturated heterocycles. The number of aliphatic hydroxyl groups excluding tert-OH is 1. The van der Waals surface area contributed by atoms with Gasteiger partial charge in [0.05, 0.1) is 17.6 Å². The van der Waals surface area contributed by atoms with Crippen LogP contribution in [-0.2, 0) is 0 Å². The second kappa shape index (κ2) is 6.98. The normalized spacial score (nSPS) is 26.2. The van der Waals surface area contributed by atoms with Gasteiger partial charge in [-0.1, -0.05) is 19.3 Å². The molecular weight excluding hydrogens is 212 g/mol. The van der Waals surface area contributed by atoms with Gasteiger partial charge in [0, 0.05) is 6.04 Å². The molecule has 0 radical (unpaired) electrons. The summed E-state index contributed by atoms with van der Waals surface area (Å²) in [5, 5.41) is 22.3. The van der Waals surface area contributed by atoms with Crippen LogP contribution in [0.1, 0.15) is 58.8 Å². The van der Waals surface area contributed by atoms with Crippen molar-refractivity contribution in [1.82, 2.24) is 5.32 Å². The van der Waals surface area contributed by atoms with Crippen LogP contribution in [-0.4, -0.2) is 23.8 Å². The first-order chi connectivity index (χ1) is 8.05. The van der Waals surface area contributed by atoms with Crippen LogP contribution in [0.2, 0.25) is 0 Å². The molecule has 1 fully saturated rings. The molecule has 2 atom stereocenters. The van der Waals surface area contributed by atoms with Crippen LogP contribution in [0.15, 0.2) is 0 Å². The summed E-state index contributed by atoms with van der Waals surface area (Å²) in [6.45, 7) is 4.87. The van der Waals surface area contributed by atoms with Gasteiger partial charge < -0.3 is 10.4 Å². The molecule has 2 unspecified atom stereocenters. The van der Waals surface area contributed by atoms with Gasteiger partial charge in [0.1, 0.15) is 0 Å². The molecule has 0 aliphatic heterocycles. The predicted octanol–water partition coefficient (Wildman–Crippen LogP) is 2.60. The van der Waals surface area contributed by atoms with Gasteiger partial charge >= 0.3 is 0 Å². The Balaban J connectivity index is 2.19. The standard InChI is InChI=1S/C14H26N2O/c1-14(2,11-15)9-6-10-16-12-7-4-3-5-8-13(12)17/h12-13,16-17H,3-10H2,1-2H3. The van der Waals surface area contributed by atoms with Crippen molar-refractivity contribution < 1.29 is 5.11 Å². The molecule has 0 aromatic carbocycles. The van der Waals surface area contributed by atoms with E-state index in [1.807, 2.05) is 13.8 Å². The maximum Gasteiger partial charge on any atom is 0.0693 e. The Morgan fingerprint density at radius 3 is 2.71 bits per heavy atom. The minimum atomic E-state index is -0.219. The van der Waals surface area contributed by atoms with Gasteiger partial charge in [-0.05, 0) is 46.1 Å². The maximum atomic E-state index is 9.94. The minimum Gasteiger partial charge on any atom is -0.392 e. The van der Waals surface area contributed by atoms with E-state index in [0.29, 0.717) is 0 Å². The van der Waals surface area contributed by atoms with Gasteiger partial charge in [-0.2, -0.15) is 5.26 Å². The number of hydrogen-bond donors (Lipinski definition) is 2. The lowest BCUT2D eigenvalue weighted by Gasteiger charge is -2.22. The molecule has 3 heteroatoms. The minimum absolute atomic E-state index is 0.179. The molecule has 17 heavy (non-hydrogen) atoms. The highest BCUT2D eigenvalue weighted by atomic mass is 16.3. The third-order valence-electron chi connectivity index (χ3n) is 3.67. The van der Waals surface area contributed by atoms with E-state index in [-0.39, 0.29) is 17.6 Å². The van der Waals surface area contributed by atoms with Gasteiger partial charge in [0.25, 0.3) is 0 Å². The average molecular weight is 238 g/mol. The van der Waals surface area contributed by atoms with Crippen molar-refractivity contribution in [2.75, 3.05) is 6.54 Å². The monoisotopic (exact) mass is 238 g/mol. The van der Waals surface area contributed by atoms with Gasteiger partial charge in [-0.15, -0.1) is 0 Å².